The van der Waals surface area contributed by atoms with Crippen LogP contribution in [-0.4, -0.2) is 38.6 Å². The molecule has 0 radical (unpaired) electrons. The van der Waals surface area contributed by atoms with Gasteiger partial charge in [0.05, 0.1) is 17.9 Å². The molecule has 1 aliphatic heterocycles. The van der Waals surface area contributed by atoms with E-state index in [0.29, 0.717) is 24.3 Å². The van der Waals surface area contributed by atoms with Crippen LogP contribution in [0.2, 0.25) is 0 Å². The summed E-state index contributed by atoms with van der Waals surface area (Å²) in [4.78, 5) is 23.7. The van der Waals surface area contributed by atoms with Gasteiger partial charge in [0.25, 0.3) is 0 Å². The molecule has 1 unspecified atom stereocenters. The molecule has 8 heteroatoms. The molecule has 30 heavy (non-hydrogen) atoms. The fourth-order valence-corrected chi connectivity index (χ4v) is 3.88. The maximum Gasteiger partial charge on any atom is 0.321 e. The Labute approximate surface area is 172 Å². The number of furan rings is 1. The molecule has 7 nitrogen and oxygen atoms in total. The van der Waals surface area contributed by atoms with Gasteiger partial charge in [-0.3, -0.25) is 0 Å². The molecule has 0 aliphatic carbocycles. The highest BCUT2D eigenvalue weighted by Gasteiger charge is 2.31. The van der Waals surface area contributed by atoms with Gasteiger partial charge < -0.3 is 19.2 Å². The molecular formula is C22H20FN5O2. The van der Waals surface area contributed by atoms with Crippen molar-refractivity contribution < 1.29 is 13.6 Å². The Morgan fingerprint density at radius 2 is 2.20 bits per heavy atom. The number of hydrogen-bond donors (Lipinski definition) is 1. The van der Waals surface area contributed by atoms with Gasteiger partial charge in [-0.25, -0.2) is 19.2 Å². The molecule has 0 bridgehead atoms. The summed E-state index contributed by atoms with van der Waals surface area (Å²) in [6.07, 6.45) is 5.78. The minimum atomic E-state index is -0.340. The van der Waals surface area contributed by atoms with Gasteiger partial charge in [-0.1, -0.05) is 6.07 Å². The number of anilines is 1. The van der Waals surface area contributed by atoms with Crippen LogP contribution in [0.15, 0.2) is 59.5 Å². The van der Waals surface area contributed by atoms with Crippen LogP contribution in [0.25, 0.3) is 22.6 Å². The van der Waals surface area contributed by atoms with E-state index in [1.807, 2.05) is 18.2 Å². The molecule has 1 aromatic carbocycles. The van der Waals surface area contributed by atoms with Crippen molar-refractivity contribution in [2.45, 2.75) is 19.4 Å². The Hall–Kier alpha value is -3.68. The predicted octanol–water partition coefficient (Wildman–Crippen LogP) is 4.62. The number of pyridine rings is 1. The molecule has 1 fully saturated rings. The Morgan fingerprint density at radius 1 is 1.30 bits per heavy atom. The number of carbonyl (C=O) groups excluding carboxylic acids is 1. The van der Waals surface area contributed by atoms with Gasteiger partial charge in [0.1, 0.15) is 23.4 Å². The molecule has 1 aliphatic rings. The third-order valence-electron chi connectivity index (χ3n) is 5.47. The first-order valence-corrected chi connectivity index (χ1v) is 9.78. The molecule has 0 spiro atoms. The molecule has 152 valence electrons. The quantitative estimate of drug-likeness (QED) is 0.540. The minimum Gasteiger partial charge on any atom is -0.472 e. The van der Waals surface area contributed by atoms with Crippen molar-refractivity contribution in [2.75, 3.05) is 18.4 Å². The number of halogens is 1. The van der Waals surface area contributed by atoms with Gasteiger partial charge in [-0.2, -0.15) is 0 Å². The Balaban J connectivity index is 1.40. The summed E-state index contributed by atoms with van der Waals surface area (Å²) in [5.74, 6) is 0.429. The maximum absolute atomic E-state index is 13.8. The summed E-state index contributed by atoms with van der Waals surface area (Å²) in [6, 6.07) is 10.1. The Kier molecular flexibility index (Phi) is 4.46. The summed E-state index contributed by atoms with van der Waals surface area (Å²) in [7, 11) is 0. The van der Waals surface area contributed by atoms with Gasteiger partial charge in [-0.05, 0) is 49.2 Å². The van der Waals surface area contributed by atoms with E-state index in [0.717, 1.165) is 29.0 Å². The van der Waals surface area contributed by atoms with Crippen molar-refractivity contribution in [2.24, 2.45) is 0 Å². The van der Waals surface area contributed by atoms with E-state index in [9.17, 15) is 9.18 Å². The van der Waals surface area contributed by atoms with Crippen LogP contribution in [0.1, 0.15) is 18.0 Å². The van der Waals surface area contributed by atoms with E-state index in [2.05, 4.69) is 14.9 Å². The molecule has 2 amide bonds. The Morgan fingerprint density at radius 3 is 3.00 bits per heavy atom. The van der Waals surface area contributed by atoms with Crippen molar-refractivity contribution in [3.63, 3.8) is 0 Å². The third-order valence-corrected chi connectivity index (χ3v) is 5.47. The average Bonchev–Trinajstić information content (AvgIpc) is 3.49. The highest BCUT2D eigenvalue weighted by Crippen LogP contribution is 2.32. The lowest BCUT2D eigenvalue weighted by Gasteiger charge is -2.19. The van der Waals surface area contributed by atoms with Gasteiger partial charge in [-0.15, -0.1) is 0 Å². The van der Waals surface area contributed by atoms with E-state index in [1.165, 1.54) is 6.07 Å². The largest absolute Gasteiger partial charge is 0.472 e. The molecule has 4 heterocycles. The molecule has 1 atom stereocenters. The topological polar surface area (TPSA) is 76.2 Å². The summed E-state index contributed by atoms with van der Waals surface area (Å²) >= 11 is 0. The number of fused-ring (bicyclic) bond motifs is 1. The number of imidazole rings is 1. The number of rotatable bonds is 3. The average molecular weight is 405 g/mol. The number of hydrogen-bond acceptors (Lipinski definition) is 4. The van der Waals surface area contributed by atoms with Crippen molar-refractivity contribution in [3.8, 4) is 11.4 Å². The van der Waals surface area contributed by atoms with Crippen LogP contribution in [0.4, 0.5) is 14.9 Å². The molecule has 4 aromatic rings. The number of amides is 2. The number of aryl methyl sites for hydroxylation is 1. The van der Waals surface area contributed by atoms with Gasteiger partial charge in [0.2, 0.25) is 0 Å². The van der Waals surface area contributed by atoms with E-state index in [4.69, 9.17) is 9.40 Å². The van der Waals surface area contributed by atoms with Crippen molar-refractivity contribution in [1.82, 2.24) is 19.4 Å². The van der Waals surface area contributed by atoms with Crippen LogP contribution < -0.4 is 5.32 Å². The number of urea groups is 1. The first kappa shape index (κ1) is 18.4. The lowest BCUT2D eigenvalue weighted by Crippen LogP contribution is -2.33. The highest BCUT2D eigenvalue weighted by molar-refractivity contribution is 5.89. The molecule has 5 rings (SSSR count). The maximum atomic E-state index is 13.8. The second-order valence-electron chi connectivity index (χ2n) is 7.45. The van der Waals surface area contributed by atoms with Gasteiger partial charge in [0, 0.05) is 25.0 Å². The van der Waals surface area contributed by atoms with E-state index >= 15 is 0 Å². The zero-order valence-corrected chi connectivity index (χ0v) is 16.4. The monoisotopic (exact) mass is 405 g/mol. The van der Waals surface area contributed by atoms with Crippen LogP contribution in [0, 0.1) is 12.7 Å². The summed E-state index contributed by atoms with van der Waals surface area (Å²) in [5, 5.41) is 2.79. The number of benzene rings is 1. The first-order chi connectivity index (χ1) is 14.6. The van der Waals surface area contributed by atoms with Crippen LogP contribution in [0.3, 0.4) is 0 Å². The smallest absolute Gasteiger partial charge is 0.321 e. The third kappa shape index (κ3) is 3.20. The molecule has 1 N–H and O–H groups in total. The van der Waals surface area contributed by atoms with Crippen molar-refractivity contribution >= 4 is 22.9 Å². The van der Waals surface area contributed by atoms with Gasteiger partial charge >= 0.3 is 6.03 Å². The molecular weight excluding hydrogens is 385 g/mol. The number of carbonyl (C=O) groups is 1. The van der Waals surface area contributed by atoms with Crippen LogP contribution in [-0.2, 0) is 0 Å². The molecule has 3 aromatic heterocycles. The standard InChI is InChI=1S/C22H20FN5O2/c1-14-4-5-16(11-18(14)23)25-22(29)27-9-6-17(12-27)28-20(15-7-10-30-13-15)26-19-3-2-8-24-21(19)28/h2-5,7-8,10-11,13,17H,6,9,12H2,1H3,(H,25,29). The first-order valence-electron chi connectivity index (χ1n) is 9.78. The lowest BCUT2D eigenvalue weighted by atomic mass is 10.2. The lowest BCUT2D eigenvalue weighted by molar-refractivity contribution is 0.221. The van der Waals surface area contributed by atoms with E-state index in [1.54, 1.807) is 42.7 Å². The second-order valence-corrected chi connectivity index (χ2v) is 7.45. The zero-order chi connectivity index (χ0) is 20.7. The normalized spacial score (nSPS) is 16.3. The number of nitrogens with one attached hydrogen (secondary N) is 1. The zero-order valence-electron chi connectivity index (χ0n) is 16.4. The molecule has 0 saturated carbocycles. The predicted molar refractivity (Wildman–Crippen MR) is 111 cm³/mol. The fourth-order valence-electron chi connectivity index (χ4n) is 3.88. The van der Waals surface area contributed by atoms with E-state index in [-0.39, 0.29) is 17.9 Å². The molecule has 1 saturated heterocycles. The fraction of sp³-hybridized carbons (Fsp3) is 0.227. The van der Waals surface area contributed by atoms with Crippen molar-refractivity contribution in [3.05, 3.63) is 66.5 Å². The van der Waals surface area contributed by atoms with Crippen LogP contribution >= 0.6 is 0 Å². The number of likely N-dealkylation sites (tertiary alicyclic amines) is 1. The second kappa shape index (κ2) is 7.29. The summed E-state index contributed by atoms with van der Waals surface area (Å²) in [6.45, 7) is 2.78. The van der Waals surface area contributed by atoms with Crippen LogP contribution in [0.5, 0.6) is 0 Å². The van der Waals surface area contributed by atoms with E-state index < -0.39 is 0 Å². The minimum absolute atomic E-state index is 0.0234. The Bertz CT molecular complexity index is 1220. The van der Waals surface area contributed by atoms with Gasteiger partial charge in [0.15, 0.2) is 5.65 Å². The number of nitrogens with zero attached hydrogens (tertiary/aromatic N) is 4. The highest BCUT2D eigenvalue weighted by atomic mass is 19.1. The summed E-state index contributed by atoms with van der Waals surface area (Å²) in [5.41, 5.74) is 3.43. The van der Waals surface area contributed by atoms with Crippen molar-refractivity contribution in [1.29, 1.82) is 0 Å². The SMILES string of the molecule is Cc1ccc(NC(=O)N2CCC(n3c(-c4ccoc4)nc4cccnc43)C2)cc1F. The number of aromatic nitrogens is 3. The summed E-state index contributed by atoms with van der Waals surface area (Å²) < 4.78 is 21.1.